The molecule has 2 aromatic carbocycles. The van der Waals surface area contributed by atoms with Crippen molar-refractivity contribution in [2.45, 2.75) is 99.7 Å². The summed E-state index contributed by atoms with van der Waals surface area (Å²) < 4.78 is 24.7. The zero-order valence-corrected chi connectivity index (χ0v) is 29.1. The first-order chi connectivity index (χ1) is 21.0. The number of nitrogens with zero attached hydrogens (tertiary/aromatic N) is 1. The number of likely N-dealkylation sites (tertiary alicyclic amines) is 1. The van der Waals surface area contributed by atoms with E-state index in [2.05, 4.69) is 30.9 Å². The normalized spacial score (nSPS) is 15.9. The number of hydrogen-bond acceptors (Lipinski definition) is 6. The molecule has 1 saturated heterocycles. The molecule has 250 valence electrons. The summed E-state index contributed by atoms with van der Waals surface area (Å²) >= 11 is 0. The minimum Gasteiger partial charge on any atom is -0.493 e. The van der Waals surface area contributed by atoms with Crippen LogP contribution in [0, 0.1) is 11.2 Å². The maximum Gasteiger partial charge on any atom is 0.310 e. The Bertz CT molecular complexity index is 1260. The van der Waals surface area contributed by atoms with Gasteiger partial charge in [-0.05, 0) is 101 Å². The zero-order valence-electron chi connectivity index (χ0n) is 29.1. The Morgan fingerprint density at radius 3 is 2.09 bits per heavy atom. The number of benzene rings is 2. The average molecular weight is 628 g/mol. The number of piperidine rings is 1. The molecule has 3 rings (SSSR count). The number of allylic oxidation sites excluding steroid dienone is 2. The van der Waals surface area contributed by atoms with Gasteiger partial charge in [0.2, 0.25) is 0 Å². The van der Waals surface area contributed by atoms with Gasteiger partial charge in [0.15, 0.2) is 0 Å². The molecule has 3 N–H and O–H groups in total. The SMILES string of the molecule is CC(C)(C)O.CO[NH2+]/C(C)=C(\C(=C(/C)CC(=O)OC(C)C)N1CCC(C)(C)CC1)c1ccc(OCCc2ccc(F)cc2)cc1. The van der Waals surface area contributed by atoms with Crippen LogP contribution in [0.3, 0.4) is 0 Å². The molecule has 1 aliphatic rings. The van der Waals surface area contributed by atoms with E-state index < -0.39 is 5.60 Å². The van der Waals surface area contributed by atoms with Crippen LogP contribution in [0.1, 0.15) is 92.7 Å². The predicted molar refractivity (Wildman–Crippen MR) is 179 cm³/mol. The standard InChI is InChI=1S/C33H45FN2O4.C4H10O/c1-23(2)40-30(37)22-24(3)32(36-19-17-33(5,6)18-20-36)31(25(4)35-38-7)27-10-14-29(15-11-27)39-21-16-26-8-12-28(34)13-9-26;1-4(2,3)5/h8-15,23,35H,16-22H2,1-7H3;5H,1-3H3/p+1/b31-25-,32-24-;. The summed E-state index contributed by atoms with van der Waals surface area (Å²) in [6, 6.07) is 14.6. The molecule has 2 aromatic rings. The predicted octanol–water partition coefficient (Wildman–Crippen LogP) is 6.82. The first-order valence-electron chi connectivity index (χ1n) is 15.9. The molecule has 0 saturated carbocycles. The molecule has 0 radical (unpaired) electrons. The lowest BCUT2D eigenvalue weighted by atomic mass is 9.81. The van der Waals surface area contributed by atoms with Crippen LogP contribution >= 0.6 is 0 Å². The summed E-state index contributed by atoms with van der Waals surface area (Å²) in [5.41, 5.74) is 7.65. The van der Waals surface area contributed by atoms with Gasteiger partial charge in [-0.25, -0.2) is 9.23 Å². The molecular formula is C37H56FN2O5+. The van der Waals surface area contributed by atoms with Gasteiger partial charge in [-0.15, -0.1) is 0 Å². The molecule has 8 heteroatoms. The summed E-state index contributed by atoms with van der Waals surface area (Å²) in [5.74, 6) is 0.305. The van der Waals surface area contributed by atoms with E-state index in [0.29, 0.717) is 13.0 Å². The Kier molecular flexibility index (Phi) is 14.8. The van der Waals surface area contributed by atoms with Gasteiger partial charge in [-0.1, -0.05) is 38.1 Å². The quantitative estimate of drug-likeness (QED) is 0.153. The lowest BCUT2D eigenvalue weighted by Gasteiger charge is -2.40. The molecule has 0 aliphatic carbocycles. The molecule has 0 atom stereocenters. The minimum atomic E-state index is -0.500. The van der Waals surface area contributed by atoms with Crippen molar-refractivity contribution in [1.29, 1.82) is 0 Å². The summed E-state index contributed by atoms with van der Waals surface area (Å²) in [6.45, 7) is 20.0. The number of halogens is 1. The van der Waals surface area contributed by atoms with Crippen LogP contribution in [-0.4, -0.2) is 54.5 Å². The van der Waals surface area contributed by atoms with E-state index in [1.54, 1.807) is 45.5 Å². The van der Waals surface area contributed by atoms with Gasteiger partial charge < -0.3 is 19.5 Å². The second-order valence-corrected chi connectivity index (χ2v) is 13.8. The van der Waals surface area contributed by atoms with E-state index in [9.17, 15) is 9.18 Å². The number of rotatable bonds is 12. The van der Waals surface area contributed by atoms with Crippen molar-refractivity contribution in [3.05, 3.63) is 82.4 Å². The Hall–Kier alpha value is -3.20. The fourth-order valence-electron chi connectivity index (χ4n) is 5.02. The second-order valence-electron chi connectivity index (χ2n) is 13.8. The Morgan fingerprint density at radius 2 is 1.58 bits per heavy atom. The highest BCUT2D eigenvalue weighted by atomic mass is 19.1. The summed E-state index contributed by atoms with van der Waals surface area (Å²) in [4.78, 5) is 20.6. The number of nitrogens with two attached hydrogens (primary N) is 1. The average Bonchev–Trinajstić information content (AvgIpc) is 2.92. The van der Waals surface area contributed by atoms with Gasteiger partial charge in [-0.2, -0.15) is 5.48 Å². The van der Waals surface area contributed by atoms with E-state index in [4.69, 9.17) is 19.4 Å². The third kappa shape index (κ3) is 14.2. The highest BCUT2D eigenvalue weighted by Gasteiger charge is 2.31. The highest BCUT2D eigenvalue weighted by molar-refractivity contribution is 5.82. The smallest absolute Gasteiger partial charge is 0.310 e. The number of ether oxygens (including phenoxy) is 2. The van der Waals surface area contributed by atoms with Crippen LogP contribution in [0.5, 0.6) is 5.75 Å². The minimum absolute atomic E-state index is 0.159. The molecule has 0 bridgehead atoms. The van der Waals surface area contributed by atoms with Gasteiger partial charge >= 0.3 is 5.97 Å². The summed E-state index contributed by atoms with van der Waals surface area (Å²) in [6.07, 6.45) is 2.90. The maximum atomic E-state index is 13.2. The van der Waals surface area contributed by atoms with Crippen LogP contribution in [0.4, 0.5) is 4.39 Å². The molecule has 1 heterocycles. The number of esters is 1. The second kappa shape index (κ2) is 17.5. The third-order valence-corrected chi connectivity index (χ3v) is 7.26. The van der Waals surface area contributed by atoms with Crippen LogP contribution in [0.25, 0.3) is 5.57 Å². The number of hydrogen-bond donors (Lipinski definition) is 2. The van der Waals surface area contributed by atoms with Crippen LogP contribution in [0.15, 0.2) is 65.5 Å². The summed E-state index contributed by atoms with van der Waals surface area (Å²) in [5, 5.41) is 8.52. The van der Waals surface area contributed by atoms with Crippen molar-refractivity contribution in [3.8, 4) is 5.75 Å². The maximum absolute atomic E-state index is 13.2. The zero-order chi connectivity index (χ0) is 33.8. The van der Waals surface area contributed by atoms with Gasteiger partial charge in [0.1, 0.15) is 17.3 Å². The summed E-state index contributed by atoms with van der Waals surface area (Å²) in [7, 11) is 1.65. The largest absolute Gasteiger partial charge is 0.493 e. The van der Waals surface area contributed by atoms with Crippen LogP contribution < -0.4 is 10.2 Å². The Balaban J connectivity index is 0.00000130. The van der Waals surface area contributed by atoms with Crippen molar-refractivity contribution in [1.82, 2.24) is 4.90 Å². The first-order valence-corrected chi connectivity index (χ1v) is 15.9. The lowest BCUT2D eigenvalue weighted by Crippen LogP contribution is -2.80. The molecule has 0 aromatic heterocycles. The fraction of sp³-hybridized carbons (Fsp3) is 0.541. The molecular weight excluding hydrogens is 571 g/mol. The molecule has 0 unspecified atom stereocenters. The number of hydroxylamine groups is 1. The van der Waals surface area contributed by atoms with Gasteiger partial charge in [0, 0.05) is 32.1 Å². The van der Waals surface area contributed by atoms with Crippen molar-refractivity contribution in [2.24, 2.45) is 5.41 Å². The topological polar surface area (TPSA) is 84.8 Å². The van der Waals surface area contributed by atoms with E-state index in [1.807, 2.05) is 39.8 Å². The van der Waals surface area contributed by atoms with E-state index in [-0.39, 0.29) is 29.7 Å². The number of quaternary nitrogens is 1. The van der Waals surface area contributed by atoms with Crippen LogP contribution in [0.2, 0.25) is 0 Å². The first kappa shape index (κ1) is 38.0. The number of aliphatic hydroxyl groups is 1. The van der Waals surface area contributed by atoms with E-state index in [1.165, 1.54) is 12.1 Å². The molecule has 7 nitrogen and oxygen atoms in total. The molecule has 45 heavy (non-hydrogen) atoms. The number of carbonyl (C=O) groups is 1. The molecule has 0 spiro atoms. The molecule has 1 fully saturated rings. The van der Waals surface area contributed by atoms with Gasteiger partial charge in [-0.3, -0.25) is 4.79 Å². The van der Waals surface area contributed by atoms with Crippen molar-refractivity contribution >= 4 is 11.5 Å². The van der Waals surface area contributed by atoms with Gasteiger partial charge in [0.25, 0.3) is 0 Å². The highest BCUT2D eigenvalue weighted by Crippen LogP contribution is 2.38. The van der Waals surface area contributed by atoms with Crippen molar-refractivity contribution in [2.75, 3.05) is 26.8 Å². The third-order valence-electron chi connectivity index (χ3n) is 7.26. The van der Waals surface area contributed by atoms with Crippen molar-refractivity contribution < 1.29 is 34.1 Å². The monoisotopic (exact) mass is 627 g/mol. The van der Waals surface area contributed by atoms with E-state index >= 15 is 0 Å². The van der Waals surface area contributed by atoms with E-state index in [0.717, 1.165) is 65.3 Å². The molecule has 1 aliphatic heterocycles. The number of carbonyl (C=O) groups excluding carboxylic acids is 1. The molecule has 0 amide bonds. The Morgan fingerprint density at radius 1 is 1.02 bits per heavy atom. The fourth-order valence-corrected chi connectivity index (χ4v) is 5.02. The Labute approximate surface area is 270 Å². The van der Waals surface area contributed by atoms with Crippen LogP contribution in [-0.2, 0) is 20.8 Å². The lowest BCUT2D eigenvalue weighted by molar-refractivity contribution is -0.854. The van der Waals surface area contributed by atoms with Crippen molar-refractivity contribution in [3.63, 3.8) is 0 Å². The van der Waals surface area contributed by atoms with Gasteiger partial charge in [0.05, 0.1) is 37.4 Å².